The minimum atomic E-state index is -0.262. The Morgan fingerprint density at radius 3 is 2.61 bits per heavy atom. The maximum Gasteiger partial charge on any atom is 0.310 e. The minimum absolute atomic E-state index is 0.111. The van der Waals surface area contributed by atoms with E-state index in [2.05, 4.69) is 31.9 Å². The largest absolute Gasteiger partial charge is 0.466 e. The number of ether oxygens (including phenoxy) is 1. The van der Waals surface area contributed by atoms with Gasteiger partial charge < -0.3 is 4.74 Å². The number of carbonyl (C=O) groups is 2. The van der Waals surface area contributed by atoms with Crippen LogP contribution in [0.1, 0.15) is 18.1 Å². The van der Waals surface area contributed by atoms with Crippen molar-refractivity contribution in [3.05, 3.63) is 33.8 Å². The van der Waals surface area contributed by atoms with Crippen LogP contribution in [0, 0.1) is 0 Å². The van der Waals surface area contributed by atoms with E-state index in [-0.39, 0.29) is 18.2 Å². The second-order valence-corrected chi connectivity index (χ2v) is 5.17. The van der Waals surface area contributed by atoms with Crippen molar-refractivity contribution in [2.24, 2.45) is 0 Å². The lowest BCUT2D eigenvalue weighted by atomic mass is 10.0. The number of halogens is 2. The van der Waals surface area contributed by atoms with Crippen molar-refractivity contribution in [1.29, 1.82) is 0 Å². The van der Waals surface area contributed by atoms with Gasteiger partial charge in [0.2, 0.25) is 0 Å². The van der Waals surface area contributed by atoms with Crippen molar-refractivity contribution in [2.45, 2.75) is 19.8 Å². The molecule has 1 rings (SSSR count). The molecule has 0 saturated heterocycles. The van der Waals surface area contributed by atoms with Crippen LogP contribution in [0.5, 0.6) is 0 Å². The predicted molar refractivity (Wildman–Crippen MR) is 77.0 cm³/mol. The van der Waals surface area contributed by atoms with Crippen molar-refractivity contribution in [2.75, 3.05) is 11.9 Å². The number of ketones is 1. The molecule has 5 heteroatoms. The molecule has 0 aliphatic rings. The molecular formula is C13H14Br2O3. The van der Waals surface area contributed by atoms with Gasteiger partial charge in [0.1, 0.15) is 5.78 Å². The summed E-state index contributed by atoms with van der Waals surface area (Å²) in [5.74, 6) is -0.151. The van der Waals surface area contributed by atoms with Gasteiger partial charge in [0.05, 0.1) is 18.4 Å². The summed E-state index contributed by atoms with van der Waals surface area (Å²) >= 11 is 6.52. The molecule has 1 aromatic rings. The van der Waals surface area contributed by atoms with Crippen LogP contribution in [0.2, 0.25) is 0 Å². The lowest BCUT2D eigenvalue weighted by molar-refractivity contribution is -0.142. The van der Waals surface area contributed by atoms with E-state index >= 15 is 0 Å². The maximum absolute atomic E-state index is 11.4. The summed E-state index contributed by atoms with van der Waals surface area (Å²) in [6.45, 7) is 2.15. The zero-order valence-corrected chi connectivity index (χ0v) is 13.2. The zero-order valence-electron chi connectivity index (χ0n) is 10.0. The van der Waals surface area contributed by atoms with Crippen LogP contribution in [0.15, 0.2) is 22.7 Å². The Bertz CT molecular complexity index is 444. The molecule has 0 amide bonds. The number of benzene rings is 1. The average molecular weight is 378 g/mol. The quantitative estimate of drug-likeness (QED) is 0.565. The van der Waals surface area contributed by atoms with Gasteiger partial charge in [0.25, 0.3) is 0 Å². The van der Waals surface area contributed by atoms with Gasteiger partial charge in [-0.25, -0.2) is 0 Å². The number of alkyl halides is 1. The first-order valence-electron chi connectivity index (χ1n) is 5.57. The standard InChI is InChI=1S/C13H14Br2O3/c1-2-18-13(17)7-10-5-9(3-4-12(10)15)6-11(16)8-14/h3-5H,2,6-8H2,1H3. The number of esters is 1. The maximum atomic E-state index is 11.4. The minimum Gasteiger partial charge on any atom is -0.466 e. The summed E-state index contributed by atoms with van der Waals surface area (Å²) in [5.41, 5.74) is 1.75. The molecule has 0 aliphatic heterocycles. The van der Waals surface area contributed by atoms with Crippen molar-refractivity contribution in [3.63, 3.8) is 0 Å². The fourth-order valence-corrected chi connectivity index (χ4v) is 2.10. The van der Waals surface area contributed by atoms with Crippen molar-refractivity contribution < 1.29 is 14.3 Å². The van der Waals surface area contributed by atoms with Gasteiger partial charge >= 0.3 is 5.97 Å². The third-order valence-electron chi connectivity index (χ3n) is 2.30. The molecule has 0 N–H and O–H groups in total. The lowest BCUT2D eigenvalue weighted by Crippen LogP contribution is -2.09. The predicted octanol–water partition coefficient (Wildman–Crippen LogP) is 3.06. The Hall–Kier alpha value is -0.680. The summed E-state index contributed by atoms with van der Waals surface area (Å²) in [4.78, 5) is 22.8. The summed E-state index contributed by atoms with van der Waals surface area (Å²) in [6.07, 6.45) is 0.582. The van der Waals surface area contributed by atoms with Crippen LogP contribution >= 0.6 is 31.9 Å². The number of hydrogen-bond donors (Lipinski definition) is 0. The molecule has 0 aliphatic carbocycles. The molecule has 0 bridgehead atoms. The number of carbonyl (C=O) groups excluding carboxylic acids is 2. The molecular weight excluding hydrogens is 364 g/mol. The van der Waals surface area contributed by atoms with E-state index in [4.69, 9.17) is 4.74 Å². The van der Waals surface area contributed by atoms with E-state index in [1.807, 2.05) is 18.2 Å². The molecule has 18 heavy (non-hydrogen) atoms. The fourth-order valence-electron chi connectivity index (χ4n) is 1.52. The summed E-state index contributed by atoms with van der Waals surface area (Å²) < 4.78 is 5.76. The van der Waals surface area contributed by atoms with Crippen molar-refractivity contribution in [3.8, 4) is 0 Å². The normalized spacial score (nSPS) is 10.2. The Morgan fingerprint density at radius 2 is 2.00 bits per heavy atom. The molecule has 98 valence electrons. The molecule has 1 aromatic carbocycles. The van der Waals surface area contributed by atoms with Gasteiger partial charge in [-0.05, 0) is 24.1 Å². The molecule has 0 atom stereocenters. The van der Waals surface area contributed by atoms with Crippen molar-refractivity contribution in [1.82, 2.24) is 0 Å². The topological polar surface area (TPSA) is 43.4 Å². The first-order chi connectivity index (χ1) is 8.56. The van der Waals surface area contributed by atoms with E-state index < -0.39 is 0 Å². The van der Waals surface area contributed by atoms with Gasteiger partial charge in [0, 0.05) is 10.9 Å². The monoisotopic (exact) mass is 376 g/mol. The summed E-state index contributed by atoms with van der Waals surface area (Å²) in [6, 6.07) is 5.59. The first kappa shape index (κ1) is 15.4. The van der Waals surface area contributed by atoms with Crippen LogP contribution in [-0.4, -0.2) is 23.7 Å². The molecule has 0 aromatic heterocycles. The van der Waals surface area contributed by atoms with Gasteiger partial charge in [0.15, 0.2) is 0 Å². The summed E-state index contributed by atoms with van der Waals surface area (Å²) in [5, 5.41) is 0.344. The molecule has 0 fully saturated rings. The van der Waals surface area contributed by atoms with Gasteiger partial charge in [-0.3, -0.25) is 9.59 Å². The number of Topliss-reactive ketones (excluding diaryl/α,β-unsaturated/α-hetero) is 1. The highest BCUT2D eigenvalue weighted by Crippen LogP contribution is 2.20. The highest BCUT2D eigenvalue weighted by atomic mass is 79.9. The molecule has 0 spiro atoms. The van der Waals surface area contributed by atoms with Gasteiger partial charge in [-0.1, -0.05) is 44.0 Å². The van der Waals surface area contributed by atoms with Crippen LogP contribution in [0.3, 0.4) is 0 Å². The van der Waals surface area contributed by atoms with Crippen LogP contribution in [0.4, 0.5) is 0 Å². The Labute approximate surface area is 123 Å². The molecule has 0 unspecified atom stereocenters. The second-order valence-electron chi connectivity index (χ2n) is 3.76. The van der Waals surface area contributed by atoms with E-state index in [0.717, 1.165) is 15.6 Å². The SMILES string of the molecule is CCOC(=O)Cc1cc(CC(=O)CBr)ccc1Br. The Kier molecular flexibility index (Phi) is 6.57. The Balaban J connectivity index is 2.80. The third kappa shape index (κ3) is 4.90. The van der Waals surface area contributed by atoms with E-state index in [1.165, 1.54) is 0 Å². The molecule has 0 radical (unpaired) electrons. The zero-order chi connectivity index (χ0) is 13.5. The smallest absolute Gasteiger partial charge is 0.310 e. The van der Waals surface area contributed by atoms with Crippen LogP contribution < -0.4 is 0 Å². The van der Waals surface area contributed by atoms with Crippen molar-refractivity contribution >= 4 is 43.6 Å². The molecule has 3 nitrogen and oxygen atoms in total. The van der Waals surface area contributed by atoms with Gasteiger partial charge in [-0.2, -0.15) is 0 Å². The summed E-state index contributed by atoms with van der Waals surface area (Å²) in [7, 11) is 0. The van der Waals surface area contributed by atoms with E-state index in [1.54, 1.807) is 6.92 Å². The van der Waals surface area contributed by atoms with Gasteiger partial charge in [-0.15, -0.1) is 0 Å². The average Bonchev–Trinajstić information content (AvgIpc) is 2.33. The molecule has 0 saturated carbocycles. The highest BCUT2D eigenvalue weighted by molar-refractivity contribution is 9.10. The number of rotatable bonds is 6. The number of hydrogen-bond acceptors (Lipinski definition) is 3. The van der Waals surface area contributed by atoms with E-state index in [9.17, 15) is 9.59 Å². The first-order valence-corrected chi connectivity index (χ1v) is 7.48. The Morgan fingerprint density at radius 1 is 1.28 bits per heavy atom. The molecule has 0 heterocycles. The fraction of sp³-hybridized carbons (Fsp3) is 0.385. The van der Waals surface area contributed by atoms with E-state index in [0.29, 0.717) is 18.4 Å². The highest BCUT2D eigenvalue weighted by Gasteiger charge is 2.10. The third-order valence-corrected chi connectivity index (χ3v) is 3.70. The second kappa shape index (κ2) is 7.69. The lowest BCUT2D eigenvalue weighted by Gasteiger charge is -2.07. The van der Waals surface area contributed by atoms with Crippen LogP contribution in [0.25, 0.3) is 0 Å². The van der Waals surface area contributed by atoms with Crippen LogP contribution in [-0.2, 0) is 27.2 Å².